The lowest BCUT2D eigenvalue weighted by atomic mass is 10.1. The van der Waals surface area contributed by atoms with Gasteiger partial charge in [0.15, 0.2) is 12.4 Å². The molecule has 0 saturated carbocycles. The maximum Gasteiger partial charge on any atom is 0.252 e. The summed E-state index contributed by atoms with van der Waals surface area (Å²) in [5.74, 6) is 0. The number of nitrogens with zero attached hydrogens (tertiary/aromatic N) is 2. The van der Waals surface area contributed by atoms with Gasteiger partial charge in [-0.3, -0.25) is 0 Å². The van der Waals surface area contributed by atoms with Crippen LogP contribution in [-0.2, 0) is 11.5 Å². The van der Waals surface area contributed by atoms with Crippen LogP contribution in [0, 0.1) is 0 Å². The predicted molar refractivity (Wildman–Crippen MR) is 108 cm³/mol. The first kappa shape index (κ1) is 22.0. The van der Waals surface area contributed by atoms with Crippen molar-refractivity contribution in [3.63, 3.8) is 0 Å². The summed E-state index contributed by atoms with van der Waals surface area (Å²) in [6.07, 6.45) is 20.8. The number of pyridine rings is 1. The van der Waals surface area contributed by atoms with Gasteiger partial charge in [0.1, 0.15) is 0 Å². The second-order valence-corrected chi connectivity index (χ2v) is 7.39. The molecule has 0 aliphatic carbocycles. The molecule has 25 heavy (non-hydrogen) atoms. The number of aromatic nitrogens is 1. The summed E-state index contributed by atoms with van der Waals surface area (Å²) >= 11 is 0. The van der Waals surface area contributed by atoms with Crippen LogP contribution in [-0.4, -0.2) is 20.7 Å². The van der Waals surface area contributed by atoms with Crippen molar-refractivity contribution in [2.24, 2.45) is 0 Å². The number of anilines is 1. The molecule has 0 aromatic carbocycles. The fourth-order valence-corrected chi connectivity index (χ4v) is 3.05. The lowest BCUT2D eigenvalue weighted by Crippen LogP contribution is -2.34. The van der Waals surface area contributed by atoms with Crippen molar-refractivity contribution in [1.29, 1.82) is 0 Å². The molecule has 0 N–H and O–H groups in total. The van der Waals surface area contributed by atoms with Crippen LogP contribution in [0.3, 0.4) is 0 Å². The van der Waals surface area contributed by atoms with Crippen molar-refractivity contribution in [2.75, 3.05) is 25.6 Å². The highest BCUT2D eigenvalue weighted by molar-refractivity contribution is 5.41. The molecule has 0 aliphatic rings. The van der Waals surface area contributed by atoms with Crippen LogP contribution >= 0.6 is 0 Å². The van der Waals surface area contributed by atoms with E-state index in [-0.39, 0.29) is 0 Å². The average Bonchev–Trinajstić information content (AvgIpc) is 2.62. The van der Waals surface area contributed by atoms with Gasteiger partial charge in [0.2, 0.25) is 0 Å². The zero-order valence-electron chi connectivity index (χ0n) is 17.0. The average molecular weight is 350 g/mol. The maximum absolute atomic E-state index is 5.76. The number of ether oxygens (including phenoxy) is 1. The third-order valence-corrected chi connectivity index (χ3v) is 4.77. The van der Waals surface area contributed by atoms with Gasteiger partial charge in [-0.15, -0.1) is 0 Å². The lowest BCUT2D eigenvalue weighted by molar-refractivity contribution is -0.732. The molecule has 1 heterocycles. The highest BCUT2D eigenvalue weighted by Crippen LogP contribution is 2.12. The monoisotopic (exact) mass is 349 g/mol. The van der Waals surface area contributed by atoms with Crippen molar-refractivity contribution in [3.05, 3.63) is 24.5 Å². The van der Waals surface area contributed by atoms with Gasteiger partial charge in [-0.2, -0.15) is 4.57 Å². The van der Waals surface area contributed by atoms with Crippen molar-refractivity contribution in [3.8, 4) is 0 Å². The fraction of sp³-hybridized carbons (Fsp3) is 0.773. The maximum atomic E-state index is 5.76. The highest BCUT2D eigenvalue weighted by atomic mass is 16.5. The molecule has 3 heteroatoms. The summed E-state index contributed by atoms with van der Waals surface area (Å²) in [4.78, 5) is 2.11. The van der Waals surface area contributed by atoms with Crippen LogP contribution in [0.15, 0.2) is 24.5 Å². The minimum absolute atomic E-state index is 0.658. The van der Waals surface area contributed by atoms with Gasteiger partial charge in [-0.25, -0.2) is 0 Å². The van der Waals surface area contributed by atoms with E-state index in [1.807, 2.05) is 0 Å². The molecule has 0 saturated heterocycles. The fourth-order valence-electron chi connectivity index (χ4n) is 3.05. The van der Waals surface area contributed by atoms with Crippen molar-refractivity contribution in [1.82, 2.24) is 0 Å². The Labute approximate surface area is 156 Å². The van der Waals surface area contributed by atoms with E-state index in [2.05, 4.69) is 55.0 Å². The van der Waals surface area contributed by atoms with E-state index in [0.717, 1.165) is 6.61 Å². The van der Waals surface area contributed by atoms with Crippen LogP contribution < -0.4 is 9.47 Å². The van der Waals surface area contributed by atoms with Crippen LogP contribution in [0.2, 0.25) is 0 Å². The van der Waals surface area contributed by atoms with Crippen molar-refractivity contribution < 1.29 is 9.30 Å². The Bertz CT molecular complexity index is 403. The lowest BCUT2D eigenvalue weighted by Gasteiger charge is -2.10. The molecule has 0 radical (unpaired) electrons. The molecule has 1 aromatic rings. The largest absolute Gasteiger partial charge is 0.377 e. The molecule has 0 atom stereocenters. The van der Waals surface area contributed by atoms with Gasteiger partial charge < -0.3 is 9.64 Å². The molecular formula is C22H41N2O+. The summed E-state index contributed by atoms with van der Waals surface area (Å²) < 4.78 is 7.85. The first-order chi connectivity index (χ1) is 12.2. The van der Waals surface area contributed by atoms with E-state index in [0.29, 0.717) is 6.73 Å². The molecule has 0 unspecified atom stereocenters. The van der Waals surface area contributed by atoms with E-state index in [9.17, 15) is 0 Å². The summed E-state index contributed by atoms with van der Waals surface area (Å²) in [7, 11) is 4.12. The standard InChI is InChI=1S/C22H41N2O/c1-4-5-6-7-8-9-10-11-12-13-14-15-20-25-21-24-18-16-22(17-19-24)23(2)3/h16-19H,4-15,20-21H2,1-3H3/q+1. The quantitative estimate of drug-likeness (QED) is 0.280. The number of hydrogen-bond donors (Lipinski definition) is 0. The second-order valence-electron chi connectivity index (χ2n) is 7.39. The van der Waals surface area contributed by atoms with Crippen molar-refractivity contribution >= 4 is 5.69 Å². The van der Waals surface area contributed by atoms with Crippen LogP contribution in [0.1, 0.15) is 84.0 Å². The van der Waals surface area contributed by atoms with Gasteiger partial charge >= 0.3 is 0 Å². The summed E-state index contributed by atoms with van der Waals surface area (Å²) in [5, 5.41) is 0. The van der Waals surface area contributed by atoms with E-state index >= 15 is 0 Å². The molecule has 0 bridgehead atoms. The Kier molecular flexibility index (Phi) is 13.3. The molecule has 0 spiro atoms. The zero-order valence-corrected chi connectivity index (χ0v) is 17.0. The third-order valence-electron chi connectivity index (χ3n) is 4.77. The minimum atomic E-state index is 0.658. The SMILES string of the molecule is CCCCCCCCCCCCCCOC[n+]1ccc(N(C)C)cc1. The Morgan fingerprint density at radius 1 is 0.760 bits per heavy atom. The topological polar surface area (TPSA) is 16.4 Å². The van der Waals surface area contributed by atoms with Crippen LogP contribution in [0.25, 0.3) is 0 Å². The van der Waals surface area contributed by atoms with E-state index in [1.54, 1.807) is 0 Å². The molecular weight excluding hydrogens is 308 g/mol. The van der Waals surface area contributed by atoms with Crippen LogP contribution in [0.4, 0.5) is 5.69 Å². The predicted octanol–water partition coefficient (Wildman–Crippen LogP) is 5.72. The number of hydrogen-bond acceptors (Lipinski definition) is 2. The van der Waals surface area contributed by atoms with Crippen molar-refractivity contribution in [2.45, 2.75) is 90.7 Å². The third kappa shape index (κ3) is 12.0. The zero-order chi connectivity index (χ0) is 18.2. The van der Waals surface area contributed by atoms with E-state index in [4.69, 9.17) is 4.74 Å². The first-order valence-corrected chi connectivity index (χ1v) is 10.5. The highest BCUT2D eigenvalue weighted by Gasteiger charge is 2.01. The molecule has 0 amide bonds. The Hall–Kier alpha value is -1.09. The van der Waals surface area contributed by atoms with Gasteiger partial charge in [-0.05, 0) is 6.42 Å². The van der Waals surface area contributed by atoms with Crippen LogP contribution in [0.5, 0.6) is 0 Å². The number of unbranched alkanes of at least 4 members (excludes halogenated alkanes) is 11. The minimum Gasteiger partial charge on any atom is -0.377 e. The molecule has 1 aromatic heterocycles. The molecule has 0 fully saturated rings. The van der Waals surface area contributed by atoms with Gasteiger partial charge in [0, 0.05) is 31.9 Å². The van der Waals surface area contributed by atoms with Gasteiger partial charge in [0.05, 0.1) is 6.61 Å². The molecule has 3 nitrogen and oxygen atoms in total. The molecule has 144 valence electrons. The van der Waals surface area contributed by atoms with E-state index < -0.39 is 0 Å². The molecule has 1 rings (SSSR count). The number of rotatable bonds is 16. The van der Waals surface area contributed by atoms with Gasteiger partial charge in [-0.1, -0.05) is 77.6 Å². The van der Waals surface area contributed by atoms with E-state index in [1.165, 1.54) is 82.7 Å². The van der Waals surface area contributed by atoms with Gasteiger partial charge in [0.25, 0.3) is 6.73 Å². The summed E-state index contributed by atoms with van der Waals surface area (Å²) in [6.45, 7) is 3.82. The Morgan fingerprint density at radius 3 is 1.72 bits per heavy atom. The Morgan fingerprint density at radius 2 is 1.24 bits per heavy atom. The molecule has 0 aliphatic heterocycles. The smallest absolute Gasteiger partial charge is 0.252 e. The summed E-state index contributed by atoms with van der Waals surface area (Å²) in [5.41, 5.74) is 1.22. The second kappa shape index (κ2) is 15.2. The first-order valence-electron chi connectivity index (χ1n) is 10.5. The normalized spacial score (nSPS) is 11.0. The summed E-state index contributed by atoms with van der Waals surface area (Å²) in [6, 6.07) is 4.24. The Balaban J connectivity index is 1.84.